The molecule has 2 heterocycles. The second-order valence-electron chi connectivity index (χ2n) is 10.7. The molecule has 0 bridgehead atoms. The standard InChI is InChI=1S/C32H33N3O4S/c36-30(29(22-11-3-1-4-12-22)23-13-5-2-6-14-23)33-19-20-34(26(21-33)31(37)38)32(39)35-24-15-7-9-17-27(24)40-28-18-10-8-16-25(28)35/h1-7,9,11-15,17,25-26,28-29H,8,10,16,18-21H2,(H,37,38)/t25?,26-,28?/m0/s1. The van der Waals surface area contributed by atoms with Crippen molar-refractivity contribution in [1.82, 2.24) is 9.80 Å². The first-order chi connectivity index (χ1) is 19.5. The minimum absolute atomic E-state index is 0.0378. The van der Waals surface area contributed by atoms with Gasteiger partial charge in [-0.1, -0.05) is 85.6 Å². The van der Waals surface area contributed by atoms with Crippen molar-refractivity contribution in [2.75, 3.05) is 24.5 Å². The number of hydrogen-bond donors (Lipinski definition) is 1. The van der Waals surface area contributed by atoms with E-state index in [1.807, 2.05) is 102 Å². The number of piperazine rings is 1. The summed E-state index contributed by atoms with van der Waals surface area (Å²) in [6.07, 6.45) is 4.14. The van der Waals surface area contributed by atoms with Gasteiger partial charge in [-0.3, -0.25) is 9.69 Å². The lowest BCUT2D eigenvalue weighted by Gasteiger charge is -2.48. The molecule has 3 aromatic rings. The Morgan fingerprint density at radius 1 is 0.800 bits per heavy atom. The number of carboxylic acid groups (broad SMARTS) is 1. The SMILES string of the molecule is O=C(O)[C@@H]1CN(C(=O)C(c2ccccc2)c2ccccc2)CCN1C(=O)N1c2ccccc2SC2CCCCC21. The van der Waals surface area contributed by atoms with E-state index >= 15 is 0 Å². The Morgan fingerprint density at radius 3 is 2.10 bits per heavy atom. The summed E-state index contributed by atoms with van der Waals surface area (Å²) in [5.41, 5.74) is 2.57. The van der Waals surface area contributed by atoms with Crippen LogP contribution in [0, 0.1) is 0 Å². The van der Waals surface area contributed by atoms with Crippen LogP contribution in [0.2, 0.25) is 0 Å². The van der Waals surface area contributed by atoms with Crippen molar-refractivity contribution in [2.45, 2.75) is 53.8 Å². The first kappa shape index (κ1) is 26.4. The maximum absolute atomic E-state index is 14.2. The Morgan fingerprint density at radius 2 is 1.43 bits per heavy atom. The van der Waals surface area contributed by atoms with Crippen molar-refractivity contribution in [3.63, 3.8) is 0 Å². The molecule has 1 aliphatic carbocycles. The molecule has 7 nitrogen and oxygen atoms in total. The minimum atomic E-state index is -1.12. The topological polar surface area (TPSA) is 81.2 Å². The average molecular weight is 556 g/mol. The van der Waals surface area contributed by atoms with Crippen LogP contribution in [0.5, 0.6) is 0 Å². The lowest BCUT2D eigenvalue weighted by atomic mass is 9.89. The van der Waals surface area contributed by atoms with E-state index in [0.717, 1.165) is 47.4 Å². The summed E-state index contributed by atoms with van der Waals surface area (Å²) in [5.74, 6) is -1.79. The van der Waals surface area contributed by atoms with Gasteiger partial charge in [-0.25, -0.2) is 9.59 Å². The maximum Gasteiger partial charge on any atom is 0.328 e. The number of carbonyl (C=O) groups is 3. The number of nitrogens with zero attached hydrogens (tertiary/aromatic N) is 3. The third-order valence-corrected chi connectivity index (χ3v) is 9.80. The van der Waals surface area contributed by atoms with Crippen molar-refractivity contribution in [2.24, 2.45) is 0 Å². The molecule has 1 N–H and O–H groups in total. The average Bonchev–Trinajstić information content (AvgIpc) is 3.00. The van der Waals surface area contributed by atoms with Gasteiger partial charge < -0.3 is 14.9 Å². The molecule has 40 heavy (non-hydrogen) atoms. The summed E-state index contributed by atoms with van der Waals surface area (Å²) in [7, 11) is 0. The van der Waals surface area contributed by atoms with Gasteiger partial charge in [0.2, 0.25) is 5.91 Å². The van der Waals surface area contributed by atoms with Gasteiger partial charge in [-0.05, 0) is 36.1 Å². The van der Waals surface area contributed by atoms with Crippen LogP contribution in [0.15, 0.2) is 89.8 Å². The normalized spacial score (nSPS) is 22.4. The molecule has 3 amide bonds. The second kappa shape index (κ2) is 11.4. The molecule has 0 radical (unpaired) electrons. The van der Waals surface area contributed by atoms with Crippen LogP contribution in [0.25, 0.3) is 0 Å². The molecule has 0 spiro atoms. The van der Waals surface area contributed by atoms with Crippen LogP contribution in [-0.4, -0.2) is 69.8 Å². The summed E-state index contributed by atoms with van der Waals surface area (Å²) in [5, 5.41) is 10.6. The van der Waals surface area contributed by atoms with E-state index < -0.39 is 17.9 Å². The molecule has 206 valence electrons. The summed E-state index contributed by atoms with van der Waals surface area (Å²) in [6.45, 7) is 0.401. The molecule has 3 aliphatic rings. The zero-order chi connectivity index (χ0) is 27.6. The number of hydrogen-bond acceptors (Lipinski definition) is 4. The van der Waals surface area contributed by atoms with Gasteiger partial charge in [0.25, 0.3) is 0 Å². The molecule has 6 rings (SSSR count). The fraction of sp³-hybridized carbons (Fsp3) is 0.344. The fourth-order valence-electron chi connectivity index (χ4n) is 6.37. The minimum Gasteiger partial charge on any atom is -0.480 e. The maximum atomic E-state index is 14.2. The fourth-order valence-corrected chi connectivity index (χ4v) is 7.84. The lowest BCUT2D eigenvalue weighted by molar-refractivity contribution is -0.147. The predicted octanol–water partition coefficient (Wildman–Crippen LogP) is 5.46. The van der Waals surface area contributed by atoms with Crippen molar-refractivity contribution in [1.29, 1.82) is 0 Å². The second-order valence-corrected chi connectivity index (χ2v) is 12.0. The number of thioether (sulfide) groups is 1. The molecule has 1 saturated heterocycles. The van der Waals surface area contributed by atoms with Crippen LogP contribution in [0.1, 0.15) is 42.7 Å². The Kier molecular flexibility index (Phi) is 7.52. The highest BCUT2D eigenvalue weighted by atomic mass is 32.2. The van der Waals surface area contributed by atoms with Gasteiger partial charge in [0.15, 0.2) is 0 Å². The van der Waals surface area contributed by atoms with Crippen molar-refractivity contribution >= 4 is 35.4 Å². The van der Waals surface area contributed by atoms with E-state index in [0.29, 0.717) is 5.25 Å². The van der Waals surface area contributed by atoms with Gasteiger partial charge in [0, 0.05) is 23.2 Å². The third-order valence-electron chi connectivity index (χ3n) is 8.34. The molecular formula is C32H33N3O4S. The van der Waals surface area contributed by atoms with Gasteiger partial charge in [-0.2, -0.15) is 0 Å². The highest BCUT2D eigenvalue weighted by Crippen LogP contribution is 2.47. The number of aliphatic carboxylic acids is 1. The summed E-state index contributed by atoms with van der Waals surface area (Å²) < 4.78 is 0. The number of benzene rings is 3. The Labute approximate surface area is 238 Å². The summed E-state index contributed by atoms with van der Waals surface area (Å²) >= 11 is 1.84. The Balaban J connectivity index is 1.28. The van der Waals surface area contributed by atoms with E-state index in [-0.39, 0.29) is 37.6 Å². The van der Waals surface area contributed by atoms with Gasteiger partial charge in [-0.15, -0.1) is 11.8 Å². The van der Waals surface area contributed by atoms with Crippen molar-refractivity contribution in [3.05, 3.63) is 96.1 Å². The number of carbonyl (C=O) groups excluding carboxylic acids is 2. The number of carboxylic acids is 1. The quantitative estimate of drug-likeness (QED) is 0.463. The third kappa shape index (κ3) is 4.96. The molecular weight excluding hydrogens is 522 g/mol. The largest absolute Gasteiger partial charge is 0.480 e. The predicted molar refractivity (Wildman–Crippen MR) is 156 cm³/mol. The zero-order valence-electron chi connectivity index (χ0n) is 22.3. The molecule has 2 fully saturated rings. The van der Waals surface area contributed by atoms with Crippen LogP contribution >= 0.6 is 11.8 Å². The van der Waals surface area contributed by atoms with Gasteiger partial charge in [0.05, 0.1) is 24.2 Å². The highest BCUT2D eigenvalue weighted by molar-refractivity contribution is 8.00. The number of anilines is 1. The summed E-state index contributed by atoms with van der Waals surface area (Å²) in [4.78, 5) is 46.9. The van der Waals surface area contributed by atoms with Gasteiger partial charge >= 0.3 is 12.0 Å². The van der Waals surface area contributed by atoms with Crippen LogP contribution in [0.3, 0.4) is 0 Å². The Bertz CT molecular complexity index is 1350. The van der Waals surface area contributed by atoms with Crippen LogP contribution < -0.4 is 4.90 Å². The van der Waals surface area contributed by atoms with Gasteiger partial charge in [0.1, 0.15) is 6.04 Å². The van der Waals surface area contributed by atoms with E-state index in [9.17, 15) is 19.5 Å². The smallest absolute Gasteiger partial charge is 0.328 e. The monoisotopic (exact) mass is 555 g/mol. The first-order valence-electron chi connectivity index (χ1n) is 14.0. The van der Waals surface area contributed by atoms with Crippen molar-refractivity contribution < 1.29 is 19.5 Å². The zero-order valence-corrected chi connectivity index (χ0v) is 23.1. The number of para-hydroxylation sites is 1. The number of urea groups is 1. The van der Waals surface area contributed by atoms with E-state index in [1.165, 1.54) is 4.90 Å². The molecule has 3 atom stereocenters. The molecule has 2 aliphatic heterocycles. The number of fused-ring (bicyclic) bond motifs is 2. The van der Waals surface area contributed by atoms with E-state index in [4.69, 9.17) is 0 Å². The molecule has 2 unspecified atom stereocenters. The number of rotatable bonds is 4. The molecule has 0 aromatic heterocycles. The summed E-state index contributed by atoms with van der Waals surface area (Å²) in [6, 6.07) is 25.7. The van der Waals surface area contributed by atoms with E-state index in [2.05, 4.69) is 0 Å². The lowest BCUT2D eigenvalue weighted by Crippen LogP contribution is -2.64. The highest BCUT2D eigenvalue weighted by Gasteiger charge is 2.45. The Hall–Kier alpha value is -3.78. The molecule has 3 aromatic carbocycles. The van der Waals surface area contributed by atoms with Crippen LogP contribution in [-0.2, 0) is 9.59 Å². The van der Waals surface area contributed by atoms with Crippen molar-refractivity contribution in [3.8, 4) is 0 Å². The van der Waals surface area contributed by atoms with Crippen LogP contribution in [0.4, 0.5) is 10.5 Å². The van der Waals surface area contributed by atoms with E-state index in [1.54, 1.807) is 4.90 Å². The number of amides is 3. The molecule has 1 saturated carbocycles. The molecule has 8 heteroatoms. The first-order valence-corrected chi connectivity index (χ1v) is 14.9.